The summed E-state index contributed by atoms with van der Waals surface area (Å²) in [5.74, 6) is -0.131. The van der Waals surface area contributed by atoms with E-state index in [0.717, 1.165) is 21.6 Å². The molecule has 5 aromatic rings. The summed E-state index contributed by atoms with van der Waals surface area (Å²) in [6.45, 7) is 1.14. The first kappa shape index (κ1) is 25.1. The molecular formula is C22H18N5O7S3+. The van der Waals surface area contributed by atoms with E-state index < -0.39 is 36.6 Å². The van der Waals surface area contributed by atoms with Crippen LogP contribution in [0.25, 0.3) is 32.4 Å². The van der Waals surface area contributed by atoms with Crippen molar-refractivity contribution >= 4 is 41.8 Å². The normalized spacial score (nSPS) is 12.3. The van der Waals surface area contributed by atoms with E-state index in [1.807, 2.05) is 12.1 Å². The van der Waals surface area contributed by atoms with Crippen LogP contribution < -0.4 is 4.80 Å². The van der Waals surface area contributed by atoms with Crippen LogP contribution in [0.3, 0.4) is 0 Å². The Morgan fingerprint density at radius 2 is 1.73 bits per heavy atom. The molecule has 0 aliphatic heterocycles. The zero-order valence-electron chi connectivity index (χ0n) is 18.9. The van der Waals surface area contributed by atoms with Gasteiger partial charge < -0.3 is 5.11 Å². The Labute approximate surface area is 214 Å². The molecule has 2 heterocycles. The predicted octanol–water partition coefficient (Wildman–Crippen LogP) is 2.11. The topological polar surface area (TPSA) is 176 Å². The van der Waals surface area contributed by atoms with Gasteiger partial charge in [0.25, 0.3) is 26.1 Å². The molecule has 0 saturated carbocycles. The van der Waals surface area contributed by atoms with E-state index in [0.29, 0.717) is 16.2 Å². The molecule has 2 aromatic heterocycles. The molecule has 37 heavy (non-hydrogen) atoms. The van der Waals surface area contributed by atoms with Crippen LogP contribution in [0.15, 0.2) is 70.5 Å². The van der Waals surface area contributed by atoms with E-state index >= 15 is 0 Å². The molecule has 0 unspecified atom stereocenters. The zero-order valence-corrected chi connectivity index (χ0v) is 21.4. The molecule has 3 aromatic carbocycles. The lowest BCUT2D eigenvalue weighted by Gasteiger charge is -2.07. The number of para-hydroxylation sites is 1. The highest BCUT2D eigenvalue weighted by Gasteiger charge is 2.30. The number of nitrogens with zero attached hydrogens (tertiary/aromatic N) is 5. The summed E-state index contributed by atoms with van der Waals surface area (Å²) >= 11 is 1.23. The summed E-state index contributed by atoms with van der Waals surface area (Å²) in [6.07, 6.45) is 0. The highest BCUT2D eigenvalue weighted by molar-refractivity contribution is 7.86. The van der Waals surface area contributed by atoms with E-state index in [4.69, 9.17) is 0 Å². The Morgan fingerprint density at radius 1 is 0.973 bits per heavy atom. The molecule has 0 aliphatic carbocycles. The molecule has 5 rings (SSSR count). The van der Waals surface area contributed by atoms with E-state index in [2.05, 4.69) is 15.2 Å². The smallest absolute Gasteiger partial charge is 0.365 e. The van der Waals surface area contributed by atoms with Crippen LogP contribution in [-0.4, -0.2) is 51.0 Å². The molecule has 3 N–H and O–H groups in total. The molecule has 0 spiro atoms. The number of aliphatic hydroxyl groups excluding tert-OH is 1. The fourth-order valence-corrected chi connectivity index (χ4v) is 5.85. The van der Waals surface area contributed by atoms with Gasteiger partial charge in [0.05, 0.1) is 21.8 Å². The third kappa shape index (κ3) is 4.75. The second-order valence-corrected chi connectivity index (χ2v) is 11.8. The fraction of sp³-hybridized carbons (Fsp3) is 0.0909. The maximum atomic E-state index is 12.1. The number of benzene rings is 3. The fourth-order valence-electron chi connectivity index (χ4n) is 3.67. The van der Waals surface area contributed by atoms with Gasteiger partial charge in [-0.15, -0.1) is 0 Å². The van der Waals surface area contributed by atoms with E-state index in [9.17, 15) is 31.0 Å². The number of hydrogen-bond donors (Lipinski definition) is 3. The summed E-state index contributed by atoms with van der Waals surface area (Å²) < 4.78 is 68.2. The minimum atomic E-state index is -4.66. The van der Waals surface area contributed by atoms with Gasteiger partial charge >= 0.3 is 5.13 Å². The van der Waals surface area contributed by atoms with Crippen molar-refractivity contribution in [3.63, 3.8) is 0 Å². The number of hydrogen-bond acceptors (Lipinski definition) is 9. The average Bonchev–Trinajstić information content (AvgIpc) is 3.47. The lowest BCUT2D eigenvalue weighted by Crippen LogP contribution is -2.43. The van der Waals surface area contributed by atoms with Gasteiger partial charge in [-0.2, -0.15) is 16.8 Å². The largest absolute Gasteiger partial charge is 0.392 e. The quantitative estimate of drug-likeness (QED) is 0.206. The summed E-state index contributed by atoms with van der Waals surface area (Å²) in [5.41, 5.74) is 1.47. The van der Waals surface area contributed by atoms with Crippen molar-refractivity contribution in [2.24, 2.45) is 0 Å². The first-order chi connectivity index (χ1) is 17.5. The highest BCUT2D eigenvalue weighted by atomic mass is 32.2. The minimum Gasteiger partial charge on any atom is -0.392 e. The van der Waals surface area contributed by atoms with Crippen LogP contribution in [0.5, 0.6) is 0 Å². The second-order valence-electron chi connectivity index (χ2n) is 7.97. The molecule has 15 heteroatoms. The van der Waals surface area contributed by atoms with Crippen LogP contribution in [0.2, 0.25) is 0 Å². The maximum Gasteiger partial charge on any atom is 0.365 e. The predicted molar refractivity (Wildman–Crippen MR) is 132 cm³/mol. The first-order valence-electron chi connectivity index (χ1n) is 10.5. The Kier molecular flexibility index (Phi) is 6.13. The number of aryl methyl sites for hydroxylation is 1. The van der Waals surface area contributed by atoms with Gasteiger partial charge in [0.1, 0.15) is 10.6 Å². The number of aliphatic hydroxyl groups is 1. The van der Waals surface area contributed by atoms with Gasteiger partial charge in [-0.25, -0.2) is 0 Å². The third-order valence-electron chi connectivity index (χ3n) is 5.41. The van der Waals surface area contributed by atoms with E-state index in [1.54, 1.807) is 25.1 Å². The summed E-state index contributed by atoms with van der Waals surface area (Å²) in [5, 5.41) is 19.1. The number of aromatic nitrogens is 5. The van der Waals surface area contributed by atoms with Crippen molar-refractivity contribution in [2.75, 3.05) is 0 Å². The molecule has 0 radical (unpaired) electrons. The standard InChI is InChI=1S/C22H17N5O7S3/c1-13-6-9-16(20(10-13)37(32,33)34)21-24-26(18-11-15(36(29,30)31)8-7-14(18)12-28)27(25-21)22-23-17-4-2-3-5-19(17)35-22/h2-11,28H,12H2,1H3,(H-,29,30,31,32,33,34)/p+1. The van der Waals surface area contributed by atoms with Crippen LogP contribution in [0, 0.1) is 6.92 Å². The van der Waals surface area contributed by atoms with Gasteiger partial charge in [-0.3, -0.25) is 9.11 Å². The van der Waals surface area contributed by atoms with Gasteiger partial charge in [0, 0.05) is 10.7 Å². The molecule has 0 bridgehead atoms. The van der Waals surface area contributed by atoms with Crippen molar-refractivity contribution in [1.29, 1.82) is 0 Å². The molecule has 0 amide bonds. The molecule has 0 fully saturated rings. The minimum absolute atomic E-state index is 0.0156. The van der Waals surface area contributed by atoms with Gasteiger partial charge in [0.15, 0.2) is 5.52 Å². The molecule has 0 atom stereocenters. The van der Waals surface area contributed by atoms with Gasteiger partial charge in [0.2, 0.25) is 0 Å². The van der Waals surface area contributed by atoms with Crippen LogP contribution in [-0.2, 0) is 26.8 Å². The Hall–Kier alpha value is -3.60. The lowest BCUT2D eigenvalue weighted by atomic mass is 10.1. The molecule has 0 saturated heterocycles. The van der Waals surface area contributed by atoms with E-state index in [1.165, 1.54) is 34.3 Å². The van der Waals surface area contributed by atoms with Crippen LogP contribution in [0.1, 0.15) is 11.1 Å². The Balaban J connectivity index is 1.84. The summed E-state index contributed by atoms with van der Waals surface area (Å²) in [7, 11) is -9.27. The van der Waals surface area contributed by atoms with Gasteiger partial charge in [-0.05, 0) is 63.6 Å². The van der Waals surface area contributed by atoms with Crippen molar-refractivity contribution in [3.8, 4) is 22.2 Å². The Morgan fingerprint density at radius 3 is 2.41 bits per heavy atom. The van der Waals surface area contributed by atoms with Crippen molar-refractivity contribution < 1.29 is 35.8 Å². The molecule has 0 aliphatic rings. The SMILES string of the molecule is Cc1ccc(-c2nn(-c3cc(S(=O)(=O)O)ccc3CO)[n+](-c3nc4ccccc4s3)n2)c(S(=O)(=O)O)c1. The number of fused-ring (bicyclic) bond motifs is 1. The average molecular weight is 561 g/mol. The molecule has 190 valence electrons. The van der Waals surface area contributed by atoms with Crippen LogP contribution >= 0.6 is 11.3 Å². The molecular weight excluding hydrogens is 542 g/mol. The third-order valence-corrected chi connectivity index (χ3v) is 8.15. The van der Waals surface area contributed by atoms with Crippen molar-refractivity contribution in [2.45, 2.75) is 23.3 Å². The Bertz CT molecular complexity index is 1860. The van der Waals surface area contributed by atoms with Crippen LogP contribution in [0.4, 0.5) is 0 Å². The second kappa shape index (κ2) is 9.05. The monoisotopic (exact) mass is 560 g/mol. The highest BCUT2D eigenvalue weighted by Crippen LogP contribution is 2.28. The molecule has 12 nitrogen and oxygen atoms in total. The maximum absolute atomic E-state index is 12.1. The van der Waals surface area contributed by atoms with Crippen molar-refractivity contribution in [1.82, 2.24) is 20.0 Å². The lowest BCUT2D eigenvalue weighted by molar-refractivity contribution is -0.734. The van der Waals surface area contributed by atoms with Gasteiger partial charge in [-0.1, -0.05) is 40.6 Å². The summed E-state index contributed by atoms with van der Waals surface area (Å²) in [6, 6.07) is 15.1. The number of rotatable bonds is 6. The number of thiazole rings is 1. The zero-order chi connectivity index (χ0) is 26.5. The summed E-state index contributed by atoms with van der Waals surface area (Å²) in [4.78, 5) is 6.03. The first-order valence-corrected chi connectivity index (χ1v) is 14.2. The number of tetrazole rings is 1. The van der Waals surface area contributed by atoms with E-state index in [-0.39, 0.29) is 22.6 Å². The van der Waals surface area contributed by atoms with Crippen molar-refractivity contribution in [3.05, 3.63) is 71.8 Å².